The molecule has 1 aliphatic heterocycles. The summed E-state index contributed by atoms with van der Waals surface area (Å²) in [7, 11) is 3.08. The lowest BCUT2D eigenvalue weighted by molar-refractivity contribution is 0.354. The minimum Gasteiger partial charge on any atom is -0.494 e. The standard InChI is InChI=1S/C29H29N3O4/c1-35-26-15-14-20(18-27(26)36-2)32-28(33)22-11-5-4-10-21(22)23(29(32)34)19-30-24-12-6-7-13-25(24)31-16-8-3-9-17-31/h4-7,10-15,18-19,34H,3,8-9,16-17H2,1-2H3. The van der Waals surface area contributed by atoms with E-state index in [-0.39, 0.29) is 11.4 Å². The molecule has 2 heterocycles. The predicted molar refractivity (Wildman–Crippen MR) is 144 cm³/mol. The summed E-state index contributed by atoms with van der Waals surface area (Å²) in [6.07, 6.45) is 5.23. The van der Waals surface area contributed by atoms with Crippen LogP contribution < -0.4 is 19.9 Å². The van der Waals surface area contributed by atoms with Crippen molar-refractivity contribution in [2.24, 2.45) is 4.99 Å². The number of piperidine rings is 1. The fraction of sp³-hybridized carbons (Fsp3) is 0.241. The number of nitrogens with zero attached hydrogens (tertiary/aromatic N) is 3. The van der Waals surface area contributed by atoms with Crippen LogP contribution >= 0.6 is 0 Å². The molecule has 1 saturated heterocycles. The molecule has 36 heavy (non-hydrogen) atoms. The van der Waals surface area contributed by atoms with Gasteiger partial charge in [0.25, 0.3) is 5.56 Å². The van der Waals surface area contributed by atoms with E-state index in [1.807, 2.05) is 36.4 Å². The number of para-hydroxylation sites is 2. The average Bonchev–Trinajstić information content (AvgIpc) is 2.93. The van der Waals surface area contributed by atoms with Gasteiger partial charge < -0.3 is 19.5 Å². The van der Waals surface area contributed by atoms with Gasteiger partial charge in [-0.15, -0.1) is 0 Å². The molecular formula is C29H29N3O4. The van der Waals surface area contributed by atoms with Gasteiger partial charge in [-0.3, -0.25) is 9.79 Å². The van der Waals surface area contributed by atoms with Crippen LogP contribution in [0.2, 0.25) is 0 Å². The fourth-order valence-electron chi connectivity index (χ4n) is 4.80. The summed E-state index contributed by atoms with van der Waals surface area (Å²) in [6.45, 7) is 2.01. The molecule has 0 atom stereocenters. The molecule has 1 aliphatic rings. The SMILES string of the molecule is COc1ccc(-n2c(O)c(C=Nc3ccccc3N3CCCCC3)c3ccccc3c2=O)cc1OC. The lowest BCUT2D eigenvalue weighted by Crippen LogP contribution is -2.29. The van der Waals surface area contributed by atoms with E-state index in [2.05, 4.69) is 11.0 Å². The average molecular weight is 484 g/mol. The second-order valence-corrected chi connectivity index (χ2v) is 8.76. The number of hydrogen-bond acceptors (Lipinski definition) is 6. The van der Waals surface area contributed by atoms with Gasteiger partial charge in [0.1, 0.15) is 0 Å². The van der Waals surface area contributed by atoms with E-state index in [1.54, 1.807) is 37.6 Å². The number of ether oxygens (including phenoxy) is 2. The zero-order chi connectivity index (χ0) is 25.1. The molecule has 184 valence electrons. The molecule has 0 unspecified atom stereocenters. The summed E-state index contributed by atoms with van der Waals surface area (Å²) < 4.78 is 12.0. The molecule has 1 aromatic heterocycles. The Balaban J connectivity index is 1.66. The van der Waals surface area contributed by atoms with Crippen LogP contribution in [0.5, 0.6) is 17.4 Å². The molecule has 0 amide bonds. The Hall–Kier alpha value is -4.26. The van der Waals surface area contributed by atoms with Crippen molar-refractivity contribution in [3.8, 4) is 23.1 Å². The van der Waals surface area contributed by atoms with E-state index in [0.717, 1.165) is 24.5 Å². The number of aliphatic imine (C=N–C) groups is 1. The van der Waals surface area contributed by atoms with Crippen LogP contribution in [-0.2, 0) is 0 Å². The molecule has 1 N–H and O–H groups in total. The molecule has 0 bridgehead atoms. The largest absolute Gasteiger partial charge is 0.494 e. The number of hydrogen-bond donors (Lipinski definition) is 1. The van der Waals surface area contributed by atoms with Gasteiger partial charge >= 0.3 is 0 Å². The first-order valence-corrected chi connectivity index (χ1v) is 12.1. The van der Waals surface area contributed by atoms with Crippen molar-refractivity contribution in [1.82, 2.24) is 4.57 Å². The Kier molecular flexibility index (Phi) is 6.62. The second-order valence-electron chi connectivity index (χ2n) is 8.76. The van der Waals surface area contributed by atoms with E-state index >= 15 is 0 Å². The molecule has 3 aromatic carbocycles. The van der Waals surface area contributed by atoms with Gasteiger partial charge in [0.05, 0.1) is 36.8 Å². The zero-order valence-electron chi connectivity index (χ0n) is 20.5. The molecule has 7 heteroatoms. The maximum atomic E-state index is 13.5. The Bertz CT molecular complexity index is 1490. The first-order valence-electron chi connectivity index (χ1n) is 12.1. The molecule has 4 aromatic rings. The summed E-state index contributed by atoms with van der Waals surface area (Å²) in [6, 6.07) is 20.4. The summed E-state index contributed by atoms with van der Waals surface area (Å²) >= 11 is 0. The molecule has 0 spiro atoms. The number of benzene rings is 3. The zero-order valence-corrected chi connectivity index (χ0v) is 20.5. The molecule has 7 nitrogen and oxygen atoms in total. The van der Waals surface area contributed by atoms with Crippen LogP contribution in [0.3, 0.4) is 0 Å². The van der Waals surface area contributed by atoms with Gasteiger partial charge in [0.15, 0.2) is 11.5 Å². The van der Waals surface area contributed by atoms with Crippen LogP contribution in [-0.4, -0.2) is 43.2 Å². The number of pyridine rings is 1. The van der Waals surface area contributed by atoms with Crippen LogP contribution in [0.1, 0.15) is 24.8 Å². The highest BCUT2D eigenvalue weighted by Crippen LogP contribution is 2.34. The van der Waals surface area contributed by atoms with Crippen LogP contribution in [0.25, 0.3) is 16.5 Å². The van der Waals surface area contributed by atoms with E-state index in [4.69, 9.17) is 14.5 Å². The highest BCUT2D eigenvalue weighted by Gasteiger charge is 2.18. The summed E-state index contributed by atoms with van der Waals surface area (Å²) in [5, 5.41) is 12.5. The maximum absolute atomic E-state index is 13.5. The Morgan fingerprint density at radius 2 is 1.56 bits per heavy atom. The van der Waals surface area contributed by atoms with Crippen molar-refractivity contribution < 1.29 is 14.6 Å². The molecule has 0 saturated carbocycles. The third-order valence-corrected chi connectivity index (χ3v) is 6.64. The number of aromatic nitrogens is 1. The third kappa shape index (κ3) is 4.28. The number of methoxy groups -OCH3 is 2. The van der Waals surface area contributed by atoms with Crippen LogP contribution in [0.15, 0.2) is 76.5 Å². The number of fused-ring (bicyclic) bond motifs is 1. The van der Waals surface area contributed by atoms with Gasteiger partial charge in [-0.25, -0.2) is 4.57 Å². The second kappa shape index (κ2) is 10.2. The monoisotopic (exact) mass is 483 g/mol. The minimum atomic E-state index is -0.332. The first-order chi connectivity index (χ1) is 17.6. The number of rotatable bonds is 6. The van der Waals surface area contributed by atoms with Crippen molar-refractivity contribution in [3.63, 3.8) is 0 Å². The van der Waals surface area contributed by atoms with Crippen LogP contribution in [0, 0.1) is 0 Å². The quantitative estimate of drug-likeness (QED) is 0.369. The smallest absolute Gasteiger partial charge is 0.265 e. The minimum absolute atomic E-state index is 0.190. The van der Waals surface area contributed by atoms with Crippen molar-refractivity contribution >= 4 is 28.4 Å². The Morgan fingerprint density at radius 1 is 0.861 bits per heavy atom. The van der Waals surface area contributed by atoms with Crippen LogP contribution in [0.4, 0.5) is 11.4 Å². The first kappa shape index (κ1) is 23.5. The Labute approximate surface area is 209 Å². The van der Waals surface area contributed by atoms with E-state index in [1.165, 1.54) is 30.9 Å². The highest BCUT2D eigenvalue weighted by molar-refractivity contribution is 6.02. The normalized spacial score (nSPS) is 13.9. The molecule has 5 rings (SSSR count). The number of aromatic hydroxyl groups is 1. The van der Waals surface area contributed by atoms with E-state index in [0.29, 0.717) is 33.5 Å². The summed E-state index contributed by atoms with van der Waals surface area (Å²) in [4.78, 5) is 20.6. The van der Waals surface area contributed by atoms with Gasteiger partial charge in [0.2, 0.25) is 5.88 Å². The lowest BCUT2D eigenvalue weighted by Gasteiger charge is -2.29. The van der Waals surface area contributed by atoms with Crippen molar-refractivity contribution in [2.45, 2.75) is 19.3 Å². The number of anilines is 1. The topological polar surface area (TPSA) is 76.3 Å². The highest BCUT2D eigenvalue weighted by atomic mass is 16.5. The lowest BCUT2D eigenvalue weighted by atomic mass is 10.1. The Morgan fingerprint density at radius 3 is 2.31 bits per heavy atom. The molecule has 0 radical (unpaired) electrons. The van der Waals surface area contributed by atoms with E-state index < -0.39 is 0 Å². The van der Waals surface area contributed by atoms with Gasteiger partial charge in [0, 0.05) is 36.1 Å². The maximum Gasteiger partial charge on any atom is 0.265 e. The molecule has 1 fully saturated rings. The molecular weight excluding hydrogens is 454 g/mol. The fourth-order valence-corrected chi connectivity index (χ4v) is 4.80. The predicted octanol–water partition coefficient (Wildman–Crippen LogP) is 5.45. The van der Waals surface area contributed by atoms with Gasteiger partial charge in [-0.05, 0) is 49.6 Å². The van der Waals surface area contributed by atoms with Gasteiger partial charge in [-0.1, -0.05) is 30.3 Å². The molecule has 0 aliphatic carbocycles. The third-order valence-electron chi connectivity index (χ3n) is 6.64. The van der Waals surface area contributed by atoms with E-state index in [9.17, 15) is 9.90 Å². The van der Waals surface area contributed by atoms with Gasteiger partial charge in [-0.2, -0.15) is 0 Å². The summed E-state index contributed by atoms with van der Waals surface area (Å²) in [5.41, 5.74) is 2.50. The van der Waals surface area contributed by atoms with Crippen molar-refractivity contribution in [1.29, 1.82) is 0 Å². The summed E-state index contributed by atoms with van der Waals surface area (Å²) in [5.74, 6) is 0.802. The van der Waals surface area contributed by atoms with Crippen molar-refractivity contribution in [3.05, 3.63) is 82.6 Å². The van der Waals surface area contributed by atoms with Crippen molar-refractivity contribution in [2.75, 3.05) is 32.2 Å².